The lowest BCUT2D eigenvalue weighted by atomic mass is 10.3. The highest BCUT2D eigenvalue weighted by Gasteiger charge is 2.26. The molecule has 1 saturated heterocycles. The molecule has 0 atom stereocenters. The lowest BCUT2D eigenvalue weighted by Crippen LogP contribution is -2.46. The van der Waals surface area contributed by atoms with Crippen molar-refractivity contribution in [3.63, 3.8) is 0 Å². The molecule has 2 aromatic rings. The van der Waals surface area contributed by atoms with Crippen LogP contribution in [-0.4, -0.2) is 92.0 Å². The minimum atomic E-state index is -3.67. The van der Waals surface area contributed by atoms with E-state index < -0.39 is 20.0 Å². The largest absolute Gasteiger partial charge is 0.497 e. The van der Waals surface area contributed by atoms with Crippen molar-refractivity contribution < 1.29 is 26.3 Å². The second-order valence-corrected chi connectivity index (χ2v) is 11.5. The summed E-state index contributed by atoms with van der Waals surface area (Å²) in [6, 6.07) is 12.6. The van der Waals surface area contributed by atoms with E-state index in [1.165, 1.54) is 47.1 Å². The summed E-state index contributed by atoms with van der Waals surface area (Å²) in [6.07, 6.45) is 0. The van der Waals surface area contributed by atoms with Crippen LogP contribution in [0, 0.1) is 0 Å². The first-order valence-corrected chi connectivity index (χ1v) is 13.9. The minimum absolute atomic E-state index is 0.206. The molecule has 0 amide bonds. The summed E-state index contributed by atoms with van der Waals surface area (Å²) in [7, 11) is -4.28. The number of hydrogen-bond acceptors (Lipinski definition) is 8. The van der Waals surface area contributed by atoms with Gasteiger partial charge in [0.15, 0.2) is 0 Å². The molecule has 1 fully saturated rings. The highest BCUT2D eigenvalue weighted by molar-refractivity contribution is 7.89. The Balaban J connectivity index is 1.65. The van der Waals surface area contributed by atoms with Gasteiger partial charge in [0.05, 0.1) is 24.0 Å². The number of nitrogens with one attached hydrogen (secondary N) is 2. The van der Waals surface area contributed by atoms with E-state index in [4.69, 9.17) is 9.47 Å². The zero-order valence-corrected chi connectivity index (χ0v) is 21.1. The molecule has 10 nitrogen and oxygen atoms in total. The van der Waals surface area contributed by atoms with E-state index in [9.17, 15) is 16.8 Å². The van der Waals surface area contributed by atoms with Crippen LogP contribution < -0.4 is 20.1 Å². The first-order valence-electron chi connectivity index (χ1n) is 11.0. The van der Waals surface area contributed by atoms with E-state index in [-0.39, 0.29) is 36.0 Å². The normalized spacial score (nSPS) is 17.9. The Morgan fingerprint density at radius 1 is 0.588 bits per heavy atom. The maximum Gasteiger partial charge on any atom is 0.243 e. The Bertz CT molecular complexity index is 1020. The van der Waals surface area contributed by atoms with Crippen LogP contribution in [0.15, 0.2) is 58.3 Å². The smallest absolute Gasteiger partial charge is 0.243 e. The fraction of sp³-hybridized carbons (Fsp3) is 0.455. The van der Waals surface area contributed by atoms with Gasteiger partial charge in [-0.2, -0.15) is 8.61 Å². The molecule has 0 spiro atoms. The van der Waals surface area contributed by atoms with Crippen LogP contribution in [0.5, 0.6) is 11.5 Å². The molecule has 0 aliphatic carbocycles. The van der Waals surface area contributed by atoms with E-state index in [2.05, 4.69) is 10.6 Å². The van der Waals surface area contributed by atoms with Gasteiger partial charge in [-0.1, -0.05) is 0 Å². The van der Waals surface area contributed by atoms with E-state index in [1.807, 2.05) is 0 Å². The zero-order valence-electron chi connectivity index (χ0n) is 19.4. The van der Waals surface area contributed by atoms with Gasteiger partial charge in [-0.3, -0.25) is 0 Å². The molecule has 12 heteroatoms. The van der Waals surface area contributed by atoms with Crippen molar-refractivity contribution in [1.82, 2.24) is 19.2 Å². The summed E-state index contributed by atoms with van der Waals surface area (Å²) >= 11 is 0. The molecule has 0 saturated carbocycles. The second-order valence-electron chi connectivity index (χ2n) is 7.66. The van der Waals surface area contributed by atoms with Crippen molar-refractivity contribution in [2.45, 2.75) is 9.79 Å². The molecule has 0 aromatic heterocycles. The van der Waals surface area contributed by atoms with Crippen molar-refractivity contribution in [1.29, 1.82) is 0 Å². The van der Waals surface area contributed by atoms with E-state index in [0.717, 1.165) is 0 Å². The van der Waals surface area contributed by atoms with Crippen LogP contribution in [0.1, 0.15) is 0 Å². The van der Waals surface area contributed by atoms with Crippen molar-refractivity contribution in [2.75, 3.05) is 66.6 Å². The fourth-order valence-corrected chi connectivity index (χ4v) is 6.45. The third kappa shape index (κ3) is 6.46. The Morgan fingerprint density at radius 3 is 1.15 bits per heavy atom. The zero-order chi connectivity index (χ0) is 24.6. The molecule has 2 aromatic carbocycles. The summed E-state index contributed by atoms with van der Waals surface area (Å²) in [6.45, 7) is 2.64. The monoisotopic (exact) mass is 512 g/mol. The summed E-state index contributed by atoms with van der Waals surface area (Å²) in [4.78, 5) is 0.411. The molecular weight excluding hydrogens is 480 g/mol. The van der Waals surface area contributed by atoms with Crippen LogP contribution in [0.4, 0.5) is 0 Å². The number of rotatable bonds is 6. The standard InChI is InChI=1S/C22H32N4O6S2/c1-31-19-3-7-21(8-4-19)33(27,28)25-15-11-23-13-17-26(18-14-24-12-16-25)34(29,30)22-9-5-20(32-2)6-10-22/h3-10,23-24H,11-18H2,1-2H3. The van der Waals surface area contributed by atoms with Crippen LogP contribution in [0.2, 0.25) is 0 Å². The van der Waals surface area contributed by atoms with Gasteiger partial charge in [0, 0.05) is 52.4 Å². The van der Waals surface area contributed by atoms with Gasteiger partial charge in [0.1, 0.15) is 11.5 Å². The number of methoxy groups -OCH3 is 2. The number of nitrogens with zero attached hydrogens (tertiary/aromatic N) is 2. The second kappa shape index (κ2) is 12.0. The Kier molecular flexibility index (Phi) is 9.28. The average Bonchev–Trinajstić information content (AvgIpc) is 2.84. The fourth-order valence-electron chi connectivity index (χ4n) is 3.56. The van der Waals surface area contributed by atoms with Crippen molar-refractivity contribution in [3.8, 4) is 11.5 Å². The molecule has 0 bridgehead atoms. The lowest BCUT2D eigenvalue weighted by molar-refractivity contribution is 0.360. The molecule has 1 aliphatic heterocycles. The predicted molar refractivity (Wildman–Crippen MR) is 129 cm³/mol. The van der Waals surface area contributed by atoms with Crippen LogP contribution in [0.3, 0.4) is 0 Å². The van der Waals surface area contributed by atoms with Crippen LogP contribution in [-0.2, 0) is 20.0 Å². The van der Waals surface area contributed by atoms with Gasteiger partial charge in [-0.15, -0.1) is 0 Å². The van der Waals surface area contributed by atoms with Crippen molar-refractivity contribution in [3.05, 3.63) is 48.5 Å². The molecule has 188 valence electrons. The lowest BCUT2D eigenvalue weighted by Gasteiger charge is -2.26. The Labute approximate surface area is 202 Å². The van der Waals surface area contributed by atoms with E-state index >= 15 is 0 Å². The molecule has 1 aliphatic rings. The van der Waals surface area contributed by atoms with E-state index in [0.29, 0.717) is 37.7 Å². The van der Waals surface area contributed by atoms with Crippen molar-refractivity contribution in [2.24, 2.45) is 0 Å². The molecule has 0 unspecified atom stereocenters. The Morgan fingerprint density at radius 2 is 0.882 bits per heavy atom. The first-order chi connectivity index (χ1) is 16.3. The average molecular weight is 513 g/mol. The van der Waals surface area contributed by atoms with Crippen molar-refractivity contribution >= 4 is 20.0 Å². The van der Waals surface area contributed by atoms with Crippen LogP contribution >= 0.6 is 0 Å². The summed E-state index contributed by atoms with van der Waals surface area (Å²) < 4.78 is 65.6. The predicted octanol–water partition coefficient (Wildman–Crippen LogP) is 0.578. The van der Waals surface area contributed by atoms with Gasteiger partial charge in [0.25, 0.3) is 0 Å². The molecule has 2 N–H and O–H groups in total. The van der Waals surface area contributed by atoms with Gasteiger partial charge in [-0.25, -0.2) is 16.8 Å². The Hall–Kier alpha value is -2.22. The SMILES string of the molecule is COc1ccc(S(=O)(=O)N2CCNCCN(S(=O)(=O)c3ccc(OC)cc3)CCNCC2)cc1. The number of benzene rings is 2. The maximum atomic E-state index is 13.1. The highest BCUT2D eigenvalue weighted by Crippen LogP contribution is 2.20. The summed E-state index contributed by atoms with van der Waals surface area (Å²) in [5.74, 6) is 1.18. The highest BCUT2D eigenvalue weighted by atomic mass is 32.2. The maximum absolute atomic E-state index is 13.1. The van der Waals surface area contributed by atoms with Crippen LogP contribution in [0.25, 0.3) is 0 Å². The van der Waals surface area contributed by atoms with Gasteiger partial charge in [-0.05, 0) is 48.5 Å². The van der Waals surface area contributed by atoms with Gasteiger partial charge < -0.3 is 20.1 Å². The molecule has 0 radical (unpaired) electrons. The minimum Gasteiger partial charge on any atom is -0.497 e. The third-order valence-corrected chi connectivity index (χ3v) is 9.37. The molecular formula is C22H32N4O6S2. The summed E-state index contributed by atoms with van der Waals surface area (Å²) in [5, 5.41) is 6.35. The summed E-state index contributed by atoms with van der Waals surface area (Å²) in [5.41, 5.74) is 0. The third-order valence-electron chi connectivity index (χ3n) is 5.55. The molecule has 3 rings (SSSR count). The quantitative estimate of drug-likeness (QED) is 0.577. The van der Waals surface area contributed by atoms with E-state index in [1.54, 1.807) is 24.3 Å². The number of hydrogen-bond donors (Lipinski definition) is 2. The van der Waals surface area contributed by atoms with Gasteiger partial charge in [0.2, 0.25) is 20.0 Å². The molecule has 1 heterocycles. The number of ether oxygens (including phenoxy) is 2. The number of sulfonamides is 2. The topological polar surface area (TPSA) is 117 Å². The van der Waals surface area contributed by atoms with Gasteiger partial charge >= 0.3 is 0 Å². The first kappa shape index (κ1) is 26.4. The molecule has 34 heavy (non-hydrogen) atoms.